The molecule has 0 unspecified atom stereocenters. The van der Waals surface area contributed by atoms with E-state index in [1.807, 2.05) is 6.07 Å². The first-order valence-electron chi connectivity index (χ1n) is 5.96. The van der Waals surface area contributed by atoms with Gasteiger partial charge in [0, 0.05) is 17.7 Å². The van der Waals surface area contributed by atoms with Crippen LogP contribution >= 0.6 is 0 Å². The number of carbonyl (C=O) groups is 1. The molecule has 2 aromatic rings. The van der Waals surface area contributed by atoms with Crippen LogP contribution in [0.25, 0.3) is 0 Å². The van der Waals surface area contributed by atoms with E-state index in [1.165, 1.54) is 0 Å². The van der Waals surface area contributed by atoms with Crippen LogP contribution in [-0.2, 0) is 6.42 Å². The molecule has 1 N–H and O–H groups in total. The zero-order valence-corrected chi connectivity index (χ0v) is 10.3. The van der Waals surface area contributed by atoms with Gasteiger partial charge >= 0.3 is 0 Å². The van der Waals surface area contributed by atoms with Gasteiger partial charge in [-0.2, -0.15) is 5.26 Å². The highest BCUT2D eigenvalue weighted by atomic mass is 16.5. The lowest BCUT2D eigenvalue weighted by molar-refractivity contribution is 0.0953. The van der Waals surface area contributed by atoms with E-state index < -0.39 is 0 Å². The maximum Gasteiger partial charge on any atom is 0.251 e. The predicted molar refractivity (Wildman–Crippen MR) is 68.3 cm³/mol. The minimum absolute atomic E-state index is 0.164. The zero-order valence-electron chi connectivity index (χ0n) is 10.3. The van der Waals surface area contributed by atoms with Crippen molar-refractivity contribution in [2.24, 2.45) is 0 Å². The third-order valence-corrected chi connectivity index (χ3v) is 2.67. The van der Waals surface area contributed by atoms with E-state index in [4.69, 9.17) is 9.78 Å². The van der Waals surface area contributed by atoms with Gasteiger partial charge in [0.05, 0.1) is 17.8 Å². The first kappa shape index (κ1) is 12.8. The molecule has 0 aliphatic carbocycles. The lowest BCUT2D eigenvalue weighted by atomic mass is 10.1. The molecule has 5 nitrogen and oxygen atoms in total. The number of nitrogens with zero attached hydrogens (tertiary/aromatic N) is 2. The quantitative estimate of drug-likeness (QED) is 0.828. The van der Waals surface area contributed by atoms with Gasteiger partial charge in [0.15, 0.2) is 0 Å². The van der Waals surface area contributed by atoms with Gasteiger partial charge in [-0.25, -0.2) is 0 Å². The second-order valence-corrected chi connectivity index (χ2v) is 4.08. The minimum atomic E-state index is -0.164. The second kappa shape index (κ2) is 6.36. The van der Waals surface area contributed by atoms with Crippen LogP contribution in [0.4, 0.5) is 0 Å². The Morgan fingerprint density at radius 3 is 3.11 bits per heavy atom. The van der Waals surface area contributed by atoms with Gasteiger partial charge in [0.2, 0.25) is 0 Å². The molecule has 0 saturated heterocycles. The summed E-state index contributed by atoms with van der Waals surface area (Å²) >= 11 is 0. The molecule has 5 heteroatoms. The summed E-state index contributed by atoms with van der Waals surface area (Å²) in [5, 5.41) is 15.2. The van der Waals surface area contributed by atoms with Crippen LogP contribution in [0.5, 0.6) is 0 Å². The van der Waals surface area contributed by atoms with Crippen LogP contribution in [0.3, 0.4) is 0 Å². The van der Waals surface area contributed by atoms with E-state index in [2.05, 4.69) is 10.5 Å². The van der Waals surface area contributed by atoms with Gasteiger partial charge in [0.1, 0.15) is 6.26 Å². The molecule has 0 atom stereocenters. The number of benzene rings is 1. The Kier molecular flexibility index (Phi) is 4.29. The van der Waals surface area contributed by atoms with Crippen molar-refractivity contribution in [3.63, 3.8) is 0 Å². The van der Waals surface area contributed by atoms with Crippen LogP contribution < -0.4 is 5.32 Å². The summed E-state index contributed by atoms with van der Waals surface area (Å²) in [5.41, 5.74) is 2.00. The molecule has 1 amide bonds. The molecular weight excluding hydrogens is 242 g/mol. The summed E-state index contributed by atoms with van der Waals surface area (Å²) in [4.78, 5) is 11.8. The van der Waals surface area contributed by atoms with E-state index in [9.17, 15) is 4.79 Å². The van der Waals surface area contributed by atoms with E-state index in [1.54, 1.807) is 36.7 Å². The number of aryl methyl sites for hydroxylation is 1. The lowest BCUT2D eigenvalue weighted by Crippen LogP contribution is -2.24. The van der Waals surface area contributed by atoms with E-state index in [0.717, 1.165) is 18.4 Å². The Morgan fingerprint density at radius 1 is 1.47 bits per heavy atom. The molecule has 1 aromatic carbocycles. The number of hydrogen-bond donors (Lipinski definition) is 1. The summed E-state index contributed by atoms with van der Waals surface area (Å²) < 4.78 is 4.72. The van der Waals surface area contributed by atoms with Crippen molar-refractivity contribution in [1.82, 2.24) is 10.5 Å². The van der Waals surface area contributed by atoms with Gasteiger partial charge in [-0.15, -0.1) is 0 Å². The molecule has 0 bridgehead atoms. The molecule has 0 fully saturated rings. The van der Waals surface area contributed by atoms with Crippen LogP contribution in [0.1, 0.15) is 27.9 Å². The Balaban J connectivity index is 1.79. The smallest absolute Gasteiger partial charge is 0.251 e. The molecular formula is C14H13N3O2. The number of carbonyl (C=O) groups excluding carboxylic acids is 1. The second-order valence-electron chi connectivity index (χ2n) is 4.08. The number of nitriles is 1. The SMILES string of the molecule is N#Cc1cccc(C(=O)NCCCc2cnoc2)c1. The molecule has 0 radical (unpaired) electrons. The Morgan fingerprint density at radius 2 is 2.37 bits per heavy atom. The van der Waals surface area contributed by atoms with Crippen molar-refractivity contribution in [3.8, 4) is 6.07 Å². The highest BCUT2D eigenvalue weighted by molar-refractivity contribution is 5.94. The van der Waals surface area contributed by atoms with Crippen LogP contribution in [0.15, 0.2) is 41.2 Å². The van der Waals surface area contributed by atoms with Gasteiger partial charge in [0.25, 0.3) is 5.91 Å². The molecule has 0 aliphatic heterocycles. The topological polar surface area (TPSA) is 78.9 Å². The summed E-state index contributed by atoms with van der Waals surface area (Å²) in [5.74, 6) is -0.164. The molecule has 0 spiro atoms. The minimum Gasteiger partial charge on any atom is -0.364 e. The Labute approximate surface area is 110 Å². The maximum absolute atomic E-state index is 11.8. The molecule has 2 rings (SSSR count). The lowest BCUT2D eigenvalue weighted by Gasteiger charge is -2.04. The molecule has 1 heterocycles. The first-order valence-corrected chi connectivity index (χ1v) is 5.96. The maximum atomic E-state index is 11.8. The predicted octanol–water partition coefficient (Wildman–Crippen LogP) is 1.91. The fourth-order valence-corrected chi connectivity index (χ4v) is 1.68. The number of rotatable bonds is 5. The monoisotopic (exact) mass is 255 g/mol. The highest BCUT2D eigenvalue weighted by Gasteiger charge is 2.05. The van der Waals surface area contributed by atoms with Gasteiger partial charge in [-0.1, -0.05) is 11.2 Å². The van der Waals surface area contributed by atoms with Crippen molar-refractivity contribution in [1.29, 1.82) is 5.26 Å². The van der Waals surface area contributed by atoms with Gasteiger partial charge in [-0.05, 0) is 31.0 Å². The van der Waals surface area contributed by atoms with E-state index in [-0.39, 0.29) is 5.91 Å². The fourth-order valence-electron chi connectivity index (χ4n) is 1.68. The fraction of sp³-hybridized carbons (Fsp3) is 0.214. The Hall–Kier alpha value is -2.61. The molecule has 0 saturated carbocycles. The first-order chi connectivity index (χ1) is 9.29. The molecule has 96 valence electrons. The van der Waals surface area contributed by atoms with Crippen molar-refractivity contribution >= 4 is 5.91 Å². The normalized spacial score (nSPS) is 9.84. The Bertz CT molecular complexity index is 585. The standard InChI is InChI=1S/C14H13N3O2/c15-8-11-3-1-5-13(7-11)14(18)16-6-2-4-12-9-17-19-10-12/h1,3,5,7,9-10H,2,4,6H2,(H,16,18). The molecule has 1 aromatic heterocycles. The van der Waals surface area contributed by atoms with E-state index in [0.29, 0.717) is 17.7 Å². The summed E-state index contributed by atoms with van der Waals surface area (Å²) in [6.45, 7) is 0.570. The van der Waals surface area contributed by atoms with Gasteiger partial charge in [-0.3, -0.25) is 4.79 Å². The number of nitrogens with one attached hydrogen (secondary N) is 1. The summed E-state index contributed by atoms with van der Waals surface area (Å²) in [6.07, 6.45) is 4.88. The van der Waals surface area contributed by atoms with Crippen LogP contribution in [0, 0.1) is 11.3 Å². The third-order valence-electron chi connectivity index (χ3n) is 2.67. The third kappa shape index (κ3) is 3.68. The highest BCUT2D eigenvalue weighted by Crippen LogP contribution is 2.04. The zero-order chi connectivity index (χ0) is 13.5. The molecule has 0 aliphatic rings. The largest absolute Gasteiger partial charge is 0.364 e. The summed E-state index contributed by atoms with van der Waals surface area (Å²) in [6, 6.07) is 8.65. The van der Waals surface area contributed by atoms with Crippen molar-refractivity contribution in [2.45, 2.75) is 12.8 Å². The van der Waals surface area contributed by atoms with Crippen molar-refractivity contribution in [3.05, 3.63) is 53.4 Å². The van der Waals surface area contributed by atoms with Gasteiger partial charge < -0.3 is 9.84 Å². The average molecular weight is 255 g/mol. The van der Waals surface area contributed by atoms with Crippen LogP contribution in [-0.4, -0.2) is 17.6 Å². The van der Waals surface area contributed by atoms with Crippen molar-refractivity contribution < 1.29 is 9.32 Å². The number of aromatic nitrogens is 1. The van der Waals surface area contributed by atoms with Crippen molar-refractivity contribution in [2.75, 3.05) is 6.54 Å². The number of amides is 1. The number of hydrogen-bond acceptors (Lipinski definition) is 4. The molecule has 19 heavy (non-hydrogen) atoms. The van der Waals surface area contributed by atoms with Crippen LogP contribution in [0.2, 0.25) is 0 Å². The van der Waals surface area contributed by atoms with E-state index >= 15 is 0 Å². The average Bonchev–Trinajstić information content (AvgIpc) is 2.96. The summed E-state index contributed by atoms with van der Waals surface area (Å²) in [7, 11) is 0.